The Morgan fingerprint density at radius 1 is 1.24 bits per heavy atom. The molecule has 0 bridgehead atoms. The van der Waals surface area contributed by atoms with Crippen LogP contribution in [0.2, 0.25) is 0 Å². The van der Waals surface area contributed by atoms with Crippen molar-refractivity contribution in [2.75, 3.05) is 18.0 Å². The molecule has 130 valence electrons. The van der Waals surface area contributed by atoms with Crippen molar-refractivity contribution in [2.24, 2.45) is 0 Å². The summed E-state index contributed by atoms with van der Waals surface area (Å²) < 4.78 is 0. The van der Waals surface area contributed by atoms with Crippen molar-refractivity contribution in [2.45, 2.75) is 38.6 Å². The van der Waals surface area contributed by atoms with Crippen molar-refractivity contribution in [3.63, 3.8) is 0 Å². The highest BCUT2D eigenvalue weighted by atomic mass is 32.1. The largest absolute Gasteiger partial charge is 0.331 e. The van der Waals surface area contributed by atoms with Gasteiger partial charge < -0.3 is 9.80 Å². The molecular formula is C20H22N2O2S. The molecule has 1 unspecified atom stereocenters. The number of benzene rings is 1. The Balaban J connectivity index is 1.62. The van der Waals surface area contributed by atoms with Gasteiger partial charge in [0.15, 0.2) is 0 Å². The predicted molar refractivity (Wildman–Crippen MR) is 100 cm³/mol. The lowest BCUT2D eigenvalue weighted by Gasteiger charge is -2.35. The lowest BCUT2D eigenvalue weighted by molar-refractivity contribution is -0.117. The molecule has 1 aromatic carbocycles. The van der Waals surface area contributed by atoms with Crippen molar-refractivity contribution < 1.29 is 9.59 Å². The maximum Gasteiger partial charge on any atom is 0.254 e. The minimum absolute atomic E-state index is 0.0668. The fourth-order valence-corrected chi connectivity index (χ4v) is 4.90. The zero-order valence-corrected chi connectivity index (χ0v) is 15.2. The molecule has 5 heteroatoms. The van der Waals surface area contributed by atoms with E-state index in [9.17, 15) is 9.59 Å². The highest BCUT2D eigenvalue weighted by molar-refractivity contribution is 7.10. The molecule has 1 atom stereocenters. The summed E-state index contributed by atoms with van der Waals surface area (Å²) in [6, 6.07) is 9.86. The smallest absolute Gasteiger partial charge is 0.254 e. The molecule has 25 heavy (non-hydrogen) atoms. The second-order valence-electron chi connectivity index (χ2n) is 6.67. The molecule has 1 saturated heterocycles. The van der Waals surface area contributed by atoms with Gasteiger partial charge in [0.1, 0.15) is 0 Å². The molecule has 0 aliphatic carbocycles. The number of rotatable bonds is 3. The summed E-state index contributed by atoms with van der Waals surface area (Å²) in [7, 11) is 0. The third-order valence-electron chi connectivity index (χ3n) is 5.22. The monoisotopic (exact) mass is 354 g/mol. The Labute approximate surface area is 152 Å². The maximum absolute atomic E-state index is 13.2. The number of carbonyl (C=O) groups excluding carboxylic acids is 2. The minimum Gasteiger partial charge on any atom is -0.331 e. The summed E-state index contributed by atoms with van der Waals surface area (Å²) in [6.07, 6.45) is 3.34. The zero-order valence-electron chi connectivity index (χ0n) is 14.4. The summed E-state index contributed by atoms with van der Waals surface area (Å²) in [4.78, 5) is 30.4. The van der Waals surface area contributed by atoms with E-state index in [0.29, 0.717) is 12.0 Å². The van der Waals surface area contributed by atoms with Gasteiger partial charge in [0, 0.05) is 35.6 Å². The Hall–Kier alpha value is -2.14. The van der Waals surface area contributed by atoms with Crippen LogP contribution in [0.1, 0.15) is 53.0 Å². The number of hydrogen-bond acceptors (Lipinski definition) is 3. The standard InChI is InChI=1S/C20H22N2O2S/c1-2-17-16-9-12-25-18(16)8-11-22(17)20(24)14-5-3-6-15(13-14)21-10-4-7-19(21)23/h3,5-6,9,12-13,17H,2,4,7-8,10-11H2,1H3. The van der Waals surface area contributed by atoms with E-state index in [1.165, 1.54) is 10.4 Å². The predicted octanol–water partition coefficient (Wildman–Crippen LogP) is 4.02. The average molecular weight is 354 g/mol. The van der Waals surface area contributed by atoms with Crippen LogP contribution in [0.5, 0.6) is 0 Å². The van der Waals surface area contributed by atoms with E-state index in [4.69, 9.17) is 0 Å². The highest BCUT2D eigenvalue weighted by Crippen LogP contribution is 2.36. The highest BCUT2D eigenvalue weighted by Gasteiger charge is 2.31. The number of anilines is 1. The molecule has 0 N–H and O–H groups in total. The normalized spacial score (nSPS) is 20.0. The van der Waals surface area contributed by atoms with Gasteiger partial charge in [0.2, 0.25) is 5.91 Å². The molecule has 4 rings (SSSR count). The van der Waals surface area contributed by atoms with Crippen LogP contribution in [0.3, 0.4) is 0 Å². The Morgan fingerprint density at radius 3 is 2.88 bits per heavy atom. The van der Waals surface area contributed by atoms with Gasteiger partial charge >= 0.3 is 0 Å². The maximum atomic E-state index is 13.2. The number of thiophene rings is 1. The summed E-state index contributed by atoms with van der Waals surface area (Å²) in [5.41, 5.74) is 2.82. The molecular weight excluding hydrogens is 332 g/mol. The van der Waals surface area contributed by atoms with Gasteiger partial charge in [-0.05, 0) is 54.5 Å². The topological polar surface area (TPSA) is 40.6 Å². The van der Waals surface area contributed by atoms with Crippen molar-refractivity contribution in [3.8, 4) is 0 Å². The molecule has 1 aromatic heterocycles. The zero-order chi connectivity index (χ0) is 17.4. The van der Waals surface area contributed by atoms with Crippen LogP contribution in [0, 0.1) is 0 Å². The summed E-state index contributed by atoms with van der Waals surface area (Å²) in [5.74, 6) is 0.217. The van der Waals surface area contributed by atoms with Crippen LogP contribution >= 0.6 is 11.3 Å². The molecule has 4 nitrogen and oxygen atoms in total. The fourth-order valence-electron chi connectivity index (χ4n) is 3.97. The Bertz CT molecular complexity index is 814. The molecule has 1 fully saturated rings. The van der Waals surface area contributed by atoms with Gasteiger partial charge in [-0.3, -0.25) is 9.59 Å². The molecule has 0 saturated carbocycles. The van der Waals surface area contributed by atoms with E-state index in [1.807, 2.05) is 29.2 Å². The molecule has 0 radical (unpaired) electrons. The number of hydrogen-bond donors (Lipinski definition) is 0. The number of amides is 2. The summed E-state index contributed by atoms with van der Waals surface area (Å²) in [5, 5.41) is 2.13. The molecule has 0 spiro atoms. The first-order valence-corrected chi connectivity index (χ1v) is 9.84. The number of carbonyl (C=O) groups is 2. The first-order valence-electron chi connectivity index (χ1n) is 8.96. The van der Waals surface area contributed by atoms with Crippen LogP contribution in [0.15, 0.2) is 35.7 Å². The van der Waals surface area contributed by atoms with Gasteiger partial charge in [0.25, 0.3) is 5.91 Å². The lowest BCUT2D eigenvalue weighted by Crippen LogP contribution is -2.39. The van der Waals surface area contributed by atoms with E-state index in [1.54, 1.807) is 16.2 Å². The van der Waals surface area contributed by atoms with Crippen molar-refractivity contribution in [1.29, 1.82) is 0 Å². The van der Waals surface area contributed by atoms with Gasteiger partial charge in [-0.25, -0.2) is 0 Å². The third kappa shape index (κ3) is 2.86. The van der Waals surface area contributed by atoms with Crippen LogP contribution in [0.4, 0.5) is 5.69 Å². The molecule has 2 aliphatic rings. The Kier molecular flexibility index (Phi) is 4.34. The van der Waals surface area contributed by atoms with E-state index in [2.05, 4.69) is 18.4 Å². The van der Waals surface area contributed by atoms with E-state index in [-0.39, 0.29) is 17.9 Å². The van der Waals surface area contributed by atoms with E-state index < -0.39 is 0 Å². The van der Waals surface area contributed by atoms with Crippen molar-refractivity contribution in [1.82, 2.24) is 4.90 Å². The number of nitrogens with zero attached hydrogens (tertiary/aromatic N) is 2. The second kappa shape index (κ2) is 6.64. The first-order chi connectivity index (χ1) is 12.2. The Morgan fingerprint density at radius 2 is 2.12 bits per heavy atom. The van der Waals surface area contributed by atoms with Gasteiger partial charge in [-0.15, -0.1) is 11.3 Å². The third-order valence-corrected chi connectivity index (χ3v) is 6.22. The molecule has 2 aromatic rings. The number of fused-ring (bicyclic) bond motifs is 1. The van der Waals surface area contributed by atoms with E-state index in [0.717, 1.165) is 38.0 Å². The van der Waals surface area contributed by atoms with Crippen LogP contribution in [-0.2, 0) is 11.2 Å². The van der Waals surface area contributed by atoms with Crippen LogP contribution in [0.25, 0.3) is 0 Å². The molecule has 3 heterocycles. The first kappa shape index (κ1) is 16.3. The van der Waals surface area contributed by atoms with Gasteiger partial charge in [-0.2, -0.15) is 0 Å². The van der Waals surface area contributed by atoms with Gasteiger partial charge in [-0.1, -0.05) is 13.0 Å². The fraction of sp³-hybridized carbons (Fsp3) is 0.400. The second-order valence-corrected chi connectivity index (χ2v) is 7.67. The van der Waals surface area contributed by atoms with Crippen molar-refractivity contribution >= 4 is 28.8 Å². The molecule has 2 amide bonds. The minimum atomic E-state index is 0.0668. The SMILES string of the molecule is CCC1c2ccsc2CCN1C(=O)c1cccc(N2CCCC2=O)c1. The van der Waals surface area contributed by atoms with Crippen molar-refractivity contribution in [3.05, 3.63) is 51.7 Å². The summed E-state index contributed by atoms with van der Waals surface area (Å²) >= 11 is 1.79. The quantitative estimate of drug-likeness (QED) is 0.835. The van der Waals surface area contributed by atoms with Crippen LogP contribution in [-0.4, -0.2) is 29.8 Å². The van der Waals surface area contributed by atoms with E-state index >= 15 is 0 Å². The van der Waals surface area contributed by atoms with Crippen LogP contribution < -0.4 is 4.90 Å². The van der Waals surface area contributed by atoms with Gasteiger partial charge in [0.05, 0.1) is 6.04 Å². The average Bonchev–Trinajstić information content (AvgIpc) is 3.28. The molecule has 2 aliphatic heterocycles. The lowest BCUT2D eigenvalue weighted by atomic mass is 9.96. The summed E-state index contributed by atoms with van der Waals surface area (Å²) in [6.45, 7) is 3.64.